The van der Waals surface area contributed by atoms with Crippen LogP contribution in [0, 0.1) is 5.82 Å². The smallest absolute Gasteiger partial charge is 0.334 e. The van der Waals surface area contributed by atoms with Gasteiger partial charge in [0.1, 0.15) is 24.0 Å². The van der Waals surface area contributed by atoms with Crippen molar-refractivity contribution in [3.05, 3.63) is 52.7 Å². The lowest BCUT2D eigenvalue weighted by Crippen LogP contribution is -2.09. The highest BCUT2D eigenvalue weighted by Crippen LogP contribution is 2.38. The Labute approximate surface area is 182 Å². The van der Waals surface area contributed by atoms with Gasteiger partial charge >= 0.3 is 6.55 Å². The Morgan fingerprint density at radius 3 is 2.61 bits per heavy atom. The van der Waals surface area contributed by atoms with Gasteiger partial charge in [0.25, 0.3) is 0 Å². The van der Waals surface area contributed by atoms with Gasteiger partial charge < -0.3 is 10.5 Å². The minimum absolute atomic E-state index is 0.0171. The topological polar surface area (TPSA) is 105 Å². The van der Waals surface area contributed by atoms with E-state index in [2.05, 4.69) is 25.0 Å². The summed E-state index contributed by atoms with van der Waals surface area (Å²) in [5, 5.41) is 3.71. The van der Waals surface area contributed by atoms with Gasteiger partial charge in [0, 0.05) is 5.56 Å². The number of fused-ring (bicyclic) bond motifs is 1. The van der Waals surface area contributed by atoms with Crippen molar-refractivity contribution in [1.29, 1.82) is 0 Å². The van der Waals surface area contributed by atoms with Crippen molar-refractivity contribution >= 4 is 39.9 Å². The number of hydrogen-bond acceptors (Lipinski definition) is 7. The van der Waals surface area contributed by atoms with E-state index in [4.69, 9.17) is 33.7 Å². The number of nitrogens with zero attached hydrogens (tertiary/aromatic N) is 6. The first-order chi connectivity index (χ1) is 14.8. The number of ether oxygens (including phenoxy) is 1. The molecule has 31 heavy (non-hydrogen) atoms. The summed E-state index contributed by atoms with van der Waals surface area (Å²) >= 11 is 11.8. The Bertz CT molecular complexity index is 1280. The van der Waals surface area contributed by atoms with Gasteiger partial charge in [-0.05, 0) is 19.1 Å². The molecule has 0 saturated carbocycles. The molecule has 1 aromatic carbocycles. The molecule has 0 saturated heterocycles. The largest absolute Gasteiger partial charge is 0.480 e. The zero-order valence-electron chi connectivity index (χ0n) is 15.6. The van der Waals surface area contributed by atoms with Crippen LogP contribution in [0.15, 0.2) is 31.0 Å². The number of rotatable bonds is 5. The Balaban J connectivity index is 1.80. The molecule has 0 radical (unpaired) electrons. The van der Waals surface area contributed by atoms with Gasteiger partial charge in [-0.15, -0.1) is 5.10 Å². The minimum Gasteiger partial charge on any atom is -0.480 e. The Morgan fingerprint density at radius 2 is 1.90 bits per heavy atom. The number of benzene rings is 1. The predicted molar refractivity (Wildman–Crippen MR) is 107 cm³/mol. The molecule has 0 aliphatic heterocycles. The normalized spacial score (nSPS) is 12.5. The maximum absolute atomic E-state index is 14.7. The van der Waals surface area contributed by atoms with E-state index in [0.717, 1.165) is 6.33 Å². The third kappa shape index (κ3) is 3.81. The fourth-order valence-electron chi connectivity index (χ4n) is 2.88. The van der Waals surface area contributed by atoms with Gasteiger partial charge in [-0.3, -0.25) is 0 Å². The molecular weight excluding hydrogens is 458 g/mol. The Morgan fingerprint density at radius 1 is 1.13 bits per heavy atom. The fraction of sp³-hybridized carbons (Fsp3) is 0.167. The average molecular weight is 470 g/mol. The summed E-state index contributed by atoms with van der Waals surface area (Å²) in [6.07, 6.45) is 2.54. The molecule has 4 rings (SSSR count). The number of hydrogen-bond donors (Lipinski definition) is 1. The van der Waals surface area contributed by atoms with E-state index in [1.54, 1.807) is 6.92 Å². The molecule has 0 spiro atoms. The molecule has 2 N–H and O–H groups in total. The SMILES string of the molecule is C[C@@H](Oc1cnc(-c2ccc(Cl)c(Cl)c2F)c2ncnc(N)c12)c1ncn(C(F)F)n1. The first-order valence-corrected chi connectivity index (χ1v) is 9.42. The molecule has 1 atom stereocenters. The van der Waals surface area contributed by atoms with Crippen LogP contribution in [0.1, 0.15) is 25.4 Å². The summed E-state index contributed by atoms with van der Waals surface area (Å²) in [6, 6.07) is 2.84. The number of alkyl halides is 2. The van der Waals surface area contributed by atoms with Crippen LogP contribution in [0.5, 0.6) is 5.75 Å². The summed E-state index contributed by atoms with van der Waals surface area (Å²) in [4.78, 5) is 16.2. The van der Waals surface area contributed by atoms with Crippen LogP contribution in [0.2, 0.25) is 10.0 Å². The van der Waals surface area contributed by atoms with Gasteiger partial charge in [0.2, 0.25) is 0 Å². The second-order valence-electron chi connectivity index (χ2n) is 6.30. The second-order valence-corrected chi connectivity index (χ2v) is 7.08. The van der Waals surface area contributed by atoms with E-state index in [9.17, 15) is 13.2 Å². The van der Waals surface area contributed by atoms with E-state index in [-0.39, 0.29) is 49.6 Å². The zero-order valence-corrected chi connectivity index (χ0v) is 17.1. The molecule has 8 nitrogen and oxygen atoms in total. The number of anilines is 1. The van der Waals surface area contributed by atoms with E-state index in [1.165, 1.54) is 24.7 Å². The molecule has 160 valence electrons. The number of halogens is 5. The molecular formula is C18H12Cl2F3N7O. The summed E-state index contributed by atoms with van der Waals surface area (Å²) in [7, 11) is 0. The average Bonchev–Trinajstić information content (AvgIpc) is 3.24. The Kier molecular flexibility index (Phi) is 5.54. The molecule has 3 aromatic heterocycles. The third-order valence-electron chi connectivity index (χ3n) is 4.34. The van der Waals surface area contributed by atoms with Crippen molar-refractivity contribution in [2.75, 3.05) is 5.73 Å². The molecule has 13 heteroatoms. The first kappa shape index (κ1) is 21.1. The van der Waals surface area contributed by atoms with Crippen molar-refractivity contribution in [3.8, 4) is 17.0 Å². The monoisotopic (exact) mass is 469 g/mol. The van der Waals surface area contributed by atoms with Crippen LogP contribution in [0.4, 0.5) is 19.0 Å². The number of pyridine rings is 1. The van der Waals surface area contributed by atoms with Gasteiger partial charge in [-0.2, -0.15) is 13.5 Å². The van der Waals surface area contributed by atoms with Crippen LogP contribution >= 0.6 is 23.2 Å². The quantitative estimate of drug-likeness (QED) is 0.416. The van der Waals surface area contributed by atoms with Crippen molar-refractivity contribution in [2.45, 2.75) is 19.6 Å². The molecule has 0 bridgehead atoms. The highest BCUT2D eigenvalue weighted by Gasteiger charge is 2.22. The maximum Gasteiger partial charge on any atom is 0.334 e. The third-order valence-corrected chi connectivity index (χ3v) is 5.12. The fourth-order valence-corrected chi connectivity index (χ4v) is 3.19. The van der Waals surface area contributed by atoms with E-state index >= 15 is 0 Å². The van der Waals surface area contributed by atoms with Crippen molar-refractivity contribution in [1.82, 2.24) is 29.7 Å². The summed E-state index contributed by atoms with van der Waals surface area (Å²) in [6.45, 7) is -1.27. The van der Waals surface area contributed by atoms with Crippen molar-refractivity contribution in [3.63, 3.8) is 0 Å². The lowest BCUT2D eigenvalue weighted by molar-refractivity contribution is 0.0550. The van der Waals surface area contributed by atoms with Gasteiger partial charge in [-0.25, -0.2) is 24.3 Å². The minimum atomic E-state index is -2.83. The first-order valence-electron chi connectivity index (χ1n) is 8.66. The number of nitrogen functional groups attached to an aromatic ring is 1. The molecule has 4 aromatic rings. The molecule has 0 amide bonds. The summed E-state index contributed by atoms with van der Waals surface area (Å²) < 4.78 is 46.4. The number of nitrogens with two attached hydrogens (primary N) is 1. The molecule has 0 aliphatic rings. The van der Waals surface area contributed by atoms with Gasteiger partial charge in [0.05, 0.1) is 27.3 Å². The van der Waals surface area contributed by atoms with Crippen LogP contribution < -0.4 is 10.5 Å². The van der Waals surface area contributed by atoms with Crippen molar-refractivity contribution < 1.29 is 17.9 Å². The predicted octanol–water partition coefficient (Wildman–Crippen LogP) is 4.85. The molecule has 0 fully saturated rings. The Hall–Kier alpha value is -3.18. The number of aromatic nitrogens is 6. The lowest BCUT2D eigenvalue weighted by atomic mass is 10.1. The highest BCUT2D eigenvalue weighted by atomic mass is 35.5. The maximum atomic E-state index is 14.7. The van der Waals surface area contributed by atoms with Crippen LogP contribution in [-0.4, -0.2) is 29.7 Å². The van der Waals surface area contributed by atoms with E-state index < -0.39 is 18.5 Å². The lowest BCUT2D eigenvalue weighted by Gasteiger charge is -2.16. The van der Waals surface area contributed by atoms with E-state index in [0.29, 0.717) is 4.68 Å². The molecule has 3 heterocycles. The van der Waals surface area contributed by atoms with Crippen LogP contribution in [-0.2, 0) is 0 Å². The second kappa shape index (κ2) is 8.16. The molecule has 0 unspecified atom stereocenters. The van der Waals surface area contributed by atoms with Crippen LogP contribution in [0.3, 0.4) is 0 Å². The molecule has 0 aliphatic carbocycles. The van der Waals surface area contributed by atoms with E-state index in [1.807, 2.05) is 0 Å². The summed E-state index contributed by atoms with van der Waals surface area (Å²) in [5.41, 5.74) is 6.40. The highest BCUT2D eigenvalue weighted by molar-refractivity contribution is 6.42. The van der Waals surface area contributed by atoms with Gasteiger partial charge in [0.15, 0.2) is 23.5 Å². The standard InChI is InChI=1S/C18H12Cl2F3N7O/c1-7(17-28-6-30(29-17)18(22)23)31-10-4-25-14(15-11(10)16(24)27-5-26-15)8-2-3-9(19)12(20)13(8)21/h2-7,18H,1H3,(H2,24,26,27)/t7-/m1/s1. The van der Waals surface area contributed by atoms with Gasteiger partial charge in [-0.1, -0.05) is 23.2 Å². The zero-order chi connectivity index (χ0) is 22.3. The van der Waals surface area contributed by atoms with Crippen LogP contribution in [0.25, 0.3) is 22.2 Å². The van der Waals surface area contributed by atoms with Crippen molar-refractivity contribution in [2.24, 2.45) is 0 Å². The summed E-state index contributed by atoms with van der Waals surface area (Å²) in [5.74, 6) is -0.576.